The highest BCUT2D eigenvalue weighted by atomic mass is 16.5. The topological polar surface area (TPSA) is 117 Å². The lowest BCUT2D eigenvalue weighted by molar-refractivity contribution is -0.136. The van der Waals surface area contributed by atoms with Crippen molar-refractivity contribution in [3.05, 3.63) is 29.3 Å². The lowest BCUT2D eigenvalue weighted by Gasteiger charge is -2.27. The maximum absolute atomic E-state index is 13.0. The van der Waals surface area contributed by atoms with Crippen molar-refractivity contribution >= 4 is 29.3 Å². The Balaban J connectivity index is 1.61. The molecule has 4 amide bonds. The third-order valence-electron chi connectivity index (χ3n) is 4.96. The number of imide groups is 2. The van der Waals surface area contributed by atoms with Gasteiger partial charge < -0.3 is 15.4 Å². The number of nitrogens with zero attached hydrogens (tertiary/aromatic N) is 1. The number of carbonyl (C=O) groups is 4. The smallest absolute Gasteiger partial charge is 0.264 e. The van der Waals surface area contributed by atoms with Gasteiger partial charge in [-0.1, -0.05) is 6.07 Å². The summed E-state index contributed by atoms with van der Waals surface area (Å²) in [5.74, 6) is -2.01. The van der Waals surface area contributed by atoms with E-state index in [0.717, 1.165) is 24.3 Å². The zero-order chi connectivity index (χ0) is 20.8. The van der Waals surface area contributed by atoms with Gasteiger partial charge in [-0.2, -0.15) is 0 Å². The lowest BCUT2D eigenvalue weighted by atomic mass is 10.0. The van der Waals surface area contributed by atoms with Crippen LogP contribution < -0.4 is 16.0 Å². The molecule has 156 valence electrons. The monoisotopic (exact) mass is 402 g/mol. The molecule has 0 spiro atoms. The Hall–Kier alpha value is -2.78. The largest absolute Gasteiger partial charge is 0.384 e. The molecule has 9 heteroatoms. The Morgan fingerprint density at radius 2 is 1.86 bits per heavy atom. The SMILES string of the molecule is CNCCCOCCCNc1cccc2c1C(=O)N(C1CCC(=O)NC1=O)C2=O. The van der Waals surface area contributed by atoms with Crippen LogP contribution in [0.1, 0.15) is 46.4 Å². The minimum Gasteiger partial charge on any atom is -0.384 e. The highest BCUT2D eigenvalue weighted by molar-refractivity contribution is 6.25. The molecule has 2 aliphatic heterocycles. The summed E-state index contributed by atoms with van der Waals surface area (Å²) >= 11 is 0. The molecular weight excluding hydrogens is 376 g/mol. The van der Waals surface area contributed by atoms with Gasteiger partial charge in [-0.05, 0) is 45.0 Å². The van der Waals surface area contributed by atoms with Crippen LogP contribution in [0, 0.1) is 0 Å². The van der Waals surface area contributed by atoms with Crippen molar-refractivity contribution in [1.29, 1.82) is 0 Å². The first-order chi connectivity index (χ1) is 14.0. The van der Waals surface area contributed by atoms with E-state index in [1.54, 1.807) is 18.2 Å². The molecule has 2 heterocycles. The second-order valence-electron chi connectivity index (χ2n) is 7.03. The van der Waals surface area contributed by atoms with Crippen LogP contribution in [0.5, 0.6) is 0 Å². The van der Waals surface area contributed by atoms with Gasteiger partial charge in [-0.15, -0.1) is 0 Å². The molecule has 0 aliphatic carbocycles. The van der Waals surface area contributed by atoms with E-state index in [-0.39, 0.29) is 24.0 Å². The summed E-state index contributed by atoms with van der Waals surface area (Å²) in [5, 5.41) is 8.45. The molecule has 2 aliphatic rings. The quantitative estimate of drug-likeness (QED) is 0.386. The molecule has 1 fully saturated rings. The van der Waals surface area contributed by atoms with E-state index in [1.165, 1.54) is 0 Å². The predicted molar refractivity (Wildman–Crippen MR) is 106 cm³/mol. The van der Waals surface area contributed by atoms with Gasteiger partial charge in [0.05, 0.1) is 11.1 Å². The van der Waals surface area contributed by atoms with Crippen LogP contribution in [0.3, 0.4) is 0 Å². The third kappa shape index (κ3) is 4.63. The minimum atomic E-state index is -0.959. The summed E-state index contributed by atoms with van der Waals surface area (Å²) in [4.78, 5) is 50.2. The van der Waals surface area contributed by atoms with Gasteiger partial charge in [0.2, 0.25) is 11.8 Å². The number of piperidine rings is 1. The molecule has 1 aromatic rings. The Labute approximate surface area is 169 Å². The van der Waals surface area contributed by atoms with E-state index >= 15 is 0 Å². The van der Waals surface area contributed by atoms with Gasteiger partial charge in [0, 0.05) is 31.9 Å². The van der Waals surface area contributed by atoms with Crippen molar-refractivity contribution in [3.8, 4) is 0 Å². The van der Waals surface area contributed by atoms with Crippen LogP contribution in [0.25, 0.3) is 0 Å². The van der Waals surface area contributed by atoms with Crippen molar-refractivity contribution in [2.45, 2.75) is 31.7 Å². The summed E-state index contributed by atoms with van der Waals surface area (Å²) in [5.41, 5.74) is 1.11. The van der Waals surface area contributed by atoms with Crippen molar-refractivity contribution < 1.29 is 23.9 Å². The summed E-state index contributed by atoms with van der Waals surface area (Å²) in [6.45, 7) is 2.78. The number of anilines is 1. The van der Waals surface area contributed by atoms with E-state index in [1.807, 2.05) is 7.05 Å². The molecule has 0 saturated carbocycles. The van der Waals surface area contributed by atoms with E-state index in [9.17, 15) is 19.2 Å². The molecule has 1 aromatic carbocycles. The number of carbonyl (C=O) groups excluding carboxylic acids is 4. The Morgan fingerprint density at radius 1 is 1.10 bits per heavy atom. The Morgan fingerprint density at radius 3 is 2.59 bits per heavy atom. The first-order valence-electron chi connectivity index (χ1n) is 9.85. The summed E-state index contributed by atoms with van der Waals surface area (Å²) in [7, 11) is 1.90. The van der Waals surface area contributed by atoms with Crippen molar-refractivity contribution in [1.82, 2.24) is 15.5 Å². The zero-order valence-corrected chi connectivity index (χ0v) is 16.5. The third-order valence-corrected chi connectivity index (χ3v) is 4.96. The van der Waals surface area contributed by atoms with E-state index in [0.29, 0.717) is 25.4 Å². The number of hydrogen-bond acceptors (Lipinski definition) is 7. The molecule has 1 unspecified atom stereocenters. The molecule has 29 heavy (non-hydrogen) atoms. The van der Waals surface area contributed by atoms with E-state index < -0.39 is 29.7 Å². The number of hydrogen-bond donors (Lipinski definition) is 3. The maximum Gasteiger partial charge on any atom is 0.264 e. The molecule has 1 atom stereocenters. The molecule has 0 bridgehead atoms. The fraction of sp³-hybridized carbons (Fsp3) is 0.500. The van der Waals surface area contributed by atoms with Gasteiger partial charge in [-0.25, -0.2) is 0 Å². The summed E-state index contributed by atoms with van der Waals surface area (Å²) in [6, 6.07) is 4.07. The molecule has 3 N–H and O–H groups in total. The standard InChI is InChI=1S/C20H26N4O5/c1-21-9-3-11-29-12-4-10-22-14-6-2-5-13-17(14)20(28)24(19(13)27)15-7-8-16(25)23-18(15)26/h2,5-6,15,21-22H,3-4,7-12H2,1H3,(H,23,25,26). The highest BCUT2D eigenvalue weighted by Crippen LogP contribution is 2.32. The van der Waals surface area contributed by atoms with Gasteiger partial charge in [0.1, 0.15) is 6.04 Å². The highest BCUT2D eigenvalue weighted by Gasteiger charge is 2.45. The van der Waals surface area contributed by atoms with Gasteiger partial charge in [0.25, 0.3) is 11.8 Å². The van der Waals surface area contributed by atoms with Crippen LogP contribution in [0.2, 0.25) is 0 Å². The average Bonchev–Trinajstić information content (AvgIpc) is 2.95. The number of rotatable bonds is 10. The molecule has 9 nitrogen and oxygen atoms in total. The van der Waals surface area contributed by atoms with Gasteiger partial charge >= 0.3 is 0 Å². The van der Waals surface area contributed by atoms with Crippen LogP contribution in [-0.4, -0.2) is 67.9 Å². The molecular formula is C20H26N4O5. The van der Waals surface area contributed by atoms with Crippen molar-refractivity contribution in [2.24, 2.45) is 0 Å². The van der Waals surface area contributed by atoms with Crippen molar-refractivity contribution in [3.63, 3.8) is 0 Å². The molecule has 3 rings (SSSR count). The number of amides is 4. The first-order valence-corrected chi connectivity index (χ1v) is 9.85. The fourth-order valence-corrected chi connectivity index (χ4v) is 3.51. The normalized spacial score (nSPS) is 18.8. The number of ether oxygens (including phenoxy) is 1. The second-order valence-corrected chi connectivity index (χ2v) is 7.03. The number of fused-ring (bicyclic) bond motifs is 1. The fourth-order valence-electron chi connectivity index (χ4n) is 3.51. The lowest BCUT2D eigenvalue weighted by Crippen LogP contribution is -2.54. The molecule has 0 aromatic heterocycles. The van der Waals surface area contributed by atoms with Gasteiger partial charge in [-0.3, -0.25) is 29.4 Å². The van der Waals surface area contributed by atoms with Crippen LogP contribution in [0.15, 0.2) is 18.2 Å². The number of benzene rings is 1. The van der Waals surface area contributed by atoms with Crippen LogP contribution in [0.4, 0.5) is 5.69 Å². The van der Waals surface area contributed by atoms with Crippen LogP contribution >= 0.6 is 0 Å². The minimum absolute atomic E-state index is 0.100. The first kappa shape index (κ1) is 20.9. The maximum atomic E-state index is 13.0. The summed E-state index contributed by atoms with van der Waals surface area (Å²) < 4.78 is 5.54. The average molecular weight is 402 g/mol. The Kier molecular flexibility index (Phi) is 6.95. The van der Waals surface area contributed by atoms with E-state index in [4.69, 9.17) is 4.74 Å². The van der Waals surface area contributed by atoms with E-state index in [2.05, 4.69) is 16.0 Å². The second kappa shape index (κ2) is 9.62. The Bertz CT molecular complexity index is 810. The number of nitrogens with one attached hydrogen (secondary N) is 3. The van der Waals surface area contributed by atoms with Crippen molar-refractivity contribution in [2.75, 3.05) is 38.7 Å². The summed E-state index contributed by atoms with van der Waals surface area (Å²) in [6.07, 6.45) is 1.94. The zero-order valence-electron chi connectivity index (χ0n) is 16.5. The van der Waals surface area contributed by atoms with Gasteiger partial charge in [0.15, 0.2) is 0 Å². The predicted octanol–water partition coefficient (Wildman–Crippen LogP) is 0.516. The molecule has 0 radical (unpaired) electrons. The molecule has 1 saturated heterocycles. The van der Waals surface area contributed by atoms with Crippen LogP contribution in [-0.2, 0) is 14.3 Å².